The van der Waals surface area contributed by atoms with Crippen LogP contribution in [0.25, 0.3) is 11.1 Å². The highest BCUT2D eigenvalue weighted by atomic mass is 16.5. The third kappa shape index (κ3) is 3.74. The summed E-state index contributed by atoms with van der Waals surface area (Å²) < 4.78 is 5.23. The summed E-state index contributed by atoms with van der Waals surface area (Å²) in [6.07, 6.45) is 0. The van der Waals surface area contributed by atoms with Gasteiger partial charge < -0.3 is 14.7 Å². The van der Waals surface area contributed by atoms with Crippen molar-refractivity contribution in [3.05, 3.63) is 41.3 Å². The van der Waals surface area contributed by atoms with E-state index in [4.69, 9.17) is 4.52 Å². The Morgan fingerprint density at radius 2 is 2.09 bits per heavy atom. The van der Waals surface area contributed by atoms with Crippen molar-refractivity contribution in [1.82, 2.24) is 15.4 Å². The van der Waals surface area contributed by atoms with Crippen LogP contribution in [0.2, 0.25) is 0 Å². The van der Waals surface area contributed by atoms with Gasteiger partial charge >= 0.3 is 0 Å². The van der Waals surface area contributed by atoms with Gasteiger partial charge in [0.25, 0.3) is 0 Å². The molecule has 5 nitrogen and oxygen atoms in total. The molecule has 1 unspecified atom stereocenters. The van der Waals surface area contributed by atoms with E-state index < -0.39 is 0 Å². The Kier molecular flexibility index (Phi) is 4.98. The van der Waals surface area contributed by atoms with Gasteiger partial charge in [-0.1, -0.05) is 23.4 Å². The van der Waals surface area contributed by atoms with Crippen LogP contribution in [-0.2, 0) is 4.79 Å². The van der Waals surface area contributed by atoms with E-state index >= 15 is 0 Å². The van der Waals surface area contributed by atoms with Gasteiger partial charge in [0, 0.05) is 5.56 Å². The number of hydrogen-bond acceptors (Lipinski definition) is 4. The van der Waals surface area contributed by atoms with Crippen molar-refractivity contribution < 1.29 is 9.32 Å². The maximum Gasteiger partial charge on any atom is 0.234 e. The van der Waals surface area contributed by atoms with Crippen LogP contribution in [0.3, 0.4) is 0 Å². The molecule has 5 heteroatoms. The minimum atomic E-state index is -0.0483. The number of carbonyl (C=O) groups is 1. The molecular formula is C17H23N3O2. The lowest BCUT2D eigenvalue weighted by Gasteiger charge is -2.17. The highest BCUT2D eigenvalue weighted by Gasteiger charge is 2.14. The molecule has 2 rings (SSSR count). The molecule has 0 bridgehead atoms. The van der Waals surface area contributed by atoms with Gasteiger partial charge in [0.2, 0.25) is 5.91 Å². The summed E-state index contributed by atoms with van der Waals surface area (Å²) in [6, 6.07) is 8.07. The van der Waals surface area contributed by atoms with Gasteiger partial charge in [0.1, 0.15) is 5.76 Å². The molecule has 1 aromatic carbocycles. The van der Waals surface area contributed by atoms with E-state index in [0.717, 1.165) is 28.1 Å². The second-order valence-electron chi connectivity index (χ2n) is 5.85. The number of likely N-dealkylation sites (N-methyl/N-ethyl adjacent to an activating group) is 1. The fourth-order valence-electron chi connectivity index (χ4n) is 2.52. The van der Waals surface area contributed by atoms with Gasteiger partial charge in [-0.15, -0.1) is 0 Å². The standard InChI is InChI=1S/C17H23N3O2/c1-11(18-16(21)10-20(4)5)14-7-6-8-15(9-14)17-12(2)19-22-13(17)3/h6-9,11H,10H2,1-5H3,(H,18,21). The predicted octanol–water partition coefficient (Wildman–Crippen LogP) is 2.70. The van der Waals surface area contributed by atoms with Crippen molar-refractivity contribution in [2.24, 2.45) is 0 Å². The molecule has 22 heavy (non-hydrogen) atoms. The smallest absolute Gasteiger partial charge is 0.234 e. The van der Waals surface area contributed by atoms with Crippen molar-refractivity contribution in [2.75, 3.05) is 20.6 Å². The summed E-state index contributed by atoms with van der Waals surface area (Å²) in [5, 5.41) is 7.01. The molecule has 1 amide bonds. The van der Waals surface area contributed by atoms with Crippen molar-refractivity contribution >= 4 is 5.91 Å². The molecule has 2 aromatic rings. The molecule has 118 valence electrons. The zero-order valence-corrected chi connectivity index (χ0v) is 13.8. The van der Waals surface area contributed by atoms with Crippen LogP contribution in [0, 0.1) is 13.8 Å². The number of amides is 1. The molecule has 1 atom stereocenters. The number of nitrogens with zero attached hydrogens (tertiary/aromatic N) is 2. The second kappa shape index (κ2) is 6.75. The summed E-state index contributed by atoms with van der Waals surface area (Å²) in [5.74, 6) is 0.819. The molecule has 0 saturated heterocycles. The zero-order chi connectivity index (χ0) is 16.3. The lowest BCUT2D eigenvalue weighted by molar-refractivity contribution is -0.122. The van der Waals surface area contributed by atoms with Crippen LogP contribution in [0.15, 0.2) is 28.8 Å². The molecular weight excluding hydrogens is 278 g/mol. The zero-order valence-electron chi connectivity index (χ0n) is 13.8. The SMILES string of the molecule is Cc1noc(C)c1-c1cccc(C(C)NC(=O)CN(C)C)c1. The van der Waals surface area contributed by atoms with Gasteiger partial charge in [0.15, 0.2) is 0 Å². The van der Waals surface area contributed by atoms with E-state index in [1.807, 2.05) is 58.0 Å². The average Bonchev–Trinajstić information content (AvgIpc) is 2.77. The maximum atomic E-state index is 11.9. The first-order chi connectivity index (χ1) is 10.4. The highest BCUT2D eigenvalue weighted by Crippen LogP contribution is 2.28. The summed E-state index contributed by atoms with van der Waals surface area (Å²) in [5.41, 5.74) is 4.01. The third-order valence-electron chi connectivity index (χ3n) is 3.55. The van der Waals surface area contributed by atoms with E-state index in [2.05, 4.69) is 16.5 Å². The van der Waals surface area contributed by atoms with Crippen LogP contribution >= 0.6 is 0 Å². The first-order valence-corrected chi connectivity index (χ1v) is 7.35. The molecule has 0 saturated carbocycles. The summed E-state index contributed by atoms with van der Waals surface area (Å²) >= 11 is 0. The van der Waals surface area contributed by atoms with Crippen molar-refractivity contribution in [2.45, 2.75) is 26.8 Å². The Balaban J connectivity index is 2.20. The molecule has 0 fully saturated rings. The van der Waals surface area contributed by atoms with Crippen LogP contribution in [0.1, 0.15) is 30.0 Å². The van der Waals surface area contributed by atoms with Crippen LogP contribution in [0.4, 0.5) is 0 Å². The molecule has 0 radical (unpaired) electrons. The summed E-state index contributed by atoms with van der Waals surface area (Å²) in [7, 11) is 3.75. The van der Waals surface area contributed by atoms with Gasteiger partial charge in [-0.05, 0) is 52.1 Å². The first kappa shape index (κ1) is 16.2. The van der Waals surface area contributed by atoms with Crippen LogP contribution in [-0.4, -0.2) is 36.6 Å². The van der Waals surface area contributed by atoms with Gasteiger partial charge in [-0.2, -0.15) is 0 Å². The monoisotopic (exact) mass is 301 g/mol. The van der Waals surface area contributed by atoms with Crippen LogP contribution < -0.4 is 5.32 Å². The second-order valence-corrected chi connectivity index (χ2v) is 5.85. The lowest BCUT2D eigenvalue weighted by atomic mass is 9.99. The summed E-state index contributed by atoms with van der Waals surface area (Å²) in [4.78, 5) is 13.7. The number of aryl methyl sites for hydroxylation is 2. The Morgan fingerprint density at radius 1 is 1.36 bits per heavy atom. The largest absolute Gasteiger partial charge is 0.361 e. The number of aromatic nitrogens is 1. The van der Waals surface area contributed by atoms with Gasteiger partial charge in [-0.3, -0.25) is 4.79 Å². The molecule has 0 aliphatic heterocycles. The first-order valence-electron chi connectivity index (χ1n) is 7.35. The fraction of sp³-hybridized carbons (Fsp3) is 0.412. The predicted molar refractivity (Wildman–Crippen MR) is 86.5 cm³/mol. The third-order valence-corrected chi connectivity index (χ3v) is 3.55. The van der Waals surface area contributed by atoms with Crippen molar-refractivity contribution in [3.63, 3.8) is 0 Å². The quantitative estimate of drug-likeness (QED) is 0.922. The van der Waals surface area contributed by atoms with E-state index in [0.29, 0.717) is 6.54 Å². The van der Waals surface area contributed by atoms with E-state index in [9.17, 15) is 4.79 Å². The van der Waals surface area contributed by atoms with E-state index in [-0.39, 0.29) is 11.9 Å². The highest BCUT2D eigenvalue weighted by molar-refractivity contribution is 5.78. The summed E-state index contributed by atoms with van der Waals surface area (Å²) in [6.45, 7) is 6.21. The molecule has 1 N–H and O–H groups in total. The molecule has 1 heterocycles. The lowest BCUT2D eigenvalue weighted by Crippen LogP contribution is -2.34. The molecule has 0 spiro atoms. The number of rotatable bonds is 5. The fourth-order valence-corrected chi connectivity index (χ4v) is 2.52. The van der Waals surface area contributed by atoms with Crippen molar-refractivity contribution in [3.8, 4) is 11.1 Å². The normalized spacial score (nSPS) is 12.5. The Hall–Kier alpha value is -2.14. The molecule has 1 aromatic heterocycles. The number of benzene rings is 1. The molecule has 0 aliphatic rings. The Labute approximate surface area is 131 Å². The average molecular weight is 301 g/mol. The minimum absolute atomic E-state index is 0.0141. The molecule has 0 aliphatic carbocycles. The van der Waals surface area contributed by atoms with E-state index in [1.165, 1.54) is 0 Å². The van der Waals surface area contributed by atoms with Gasteiger partial charge in [-0.25, -0.2) is 0 Å². The number of nitrogens with one attached hydrogen (secondary N) is 1. The number of hydrogen-bond donors (Lipinski definition) is 1. The van der Waals surface area contributed by atoms with Crippen molar-refractivity contribution in [1.29, 1.82) is 0 Å². The van der Waals surface area contributed by atoms with Gasteiger partial charge in [0.05, 0.1) is 18.3 Å². The number of carbonyl (C=O) groups excluding carboxylic acids is 1. The topological polar surface area (TPSA) is 58.4 Å². The van der Waals surface area contributed by atoms with E-state index in [1.54, 1.807) is 0 Å². The minimum Gasteiger partial charge on any atom is -0.361 e. The Morgan fingerprint density at radius 3 is 2.68 bits per heavy atom. The Bertz CT molecular complexity index is 642. The maximum absolute atomic E-state index is 11.9. The van der Waals surface area contributed by atoms with Crippen LogP contribution in [0.5, 0.6) is 0 Å².